The fourth-order valence-corrected chi connectivity index (χ4v) is 6.05. The van der Waals surface area contributed by atoms with Crippen LogP contribution in [0.4, 0.5) is 21.6 Å². The van der Waals surface area contributed by atoms with Gasteiger partial charge in [-0.1, -0.05) is 17.1 Å². The summed E-state index contributed by atoms with van der Waals surface area (Å²) in [6.07, 6.45) is 6.12. The average Bonchev–Trinajstić information content (AvgIpc) is 3.29. The number of nitrogens with one attached hydrogen (secondary N) is 1. The van der Waals surface area contributed by atoms with Gasteiger partial charge in [-0.3, -0.25) is 0 Å². The first-order valence-corrected chi connectivity index (χ1v) is 12.6. The van der Waals surface area contributed by atoms with Gasteiger partial charge in [-0.2, -0.15) is 0 Å². The van der Waals surface area contributed by atoms with Gasteiger partial charge < -0.3 is 14.8 Å². The highest BCUT2D eigenvalue weighted by molar-refractivity contribution is 7.87. The molecule has 1 atom stereocenters. The lowest BCUT2D eigenvalue weighted by Gasteiger charge is -2.18. The number of rotatable bonds is 5. The maximum atomic E-state index is 13.9. The molecule has 3 heterocycles. The third-order valence-corrected chi connectivity index (χ3v) is 7.78. The quantitative estimate of drug-likeness (QED) is 0.543. The Morgan fingerprint density at radius 2 is 2.03 bits per heavy atom. The van der Waals surface area contributed by atoms with E-state index in [1.807, 2.05) is 6.07 Å². The lowest BCUT2D eigenvalue weighted by Crippen LogP contribution is -2.16. The van der Waals surface area contributed by atoms with Crippen molar-refractivity contribution in [2.75, 3.05) is 30.0 Å². The van der Waals surface area contributed by atoms with Crippen LogP contribution in [0.5, 0.6) is 5.75 Å². The maximum absolute atomic E-state index is 13.9. The van der Waals surface area contributed by atoms with Crippen molar-refractivity contribution in [2.24, 2.45) is 4.36 Å². The number of anilines is 2. The summed E-state index contributed by atoms with van der Waals surface area (Å²) in [5, 5.41) is 4.27. The molecule has 32 heavy (non-hydrogen) atoms. The second-order valence-electron chi connectivity index (χ2n) is 8.27. The number of benzene rings is 2. The first kappa shape index (κ1) is 21.3. The zero-order valence-electron chi connectivity index (χ0n) is 18.1. The Morgan fingerprint density at radius 1 is 1.16 bits per heavy atom. The van der Waals surface area contributed by atoms with Crippen LogP contribution in [-0.4, -0.2) is 40.8 Å². The standard InChI is InChI=1S/C24H27FN4O2S/c1-16-11-18(29-32-9-3-2-4-10-32)13-21-23(16)24(27-15-26-21)28-20-6-5-17(25)12-22(20)31-19-7-8-30-14-19/h5-6,11-13,15,19H,2-4,7-10,14H2,1H3,(H,26,27,28). The van der Waals surface area contributed by atoms with Crippen LogP contribution in [0.25, 0.3) is 10.9 Å². The van der Waals surface area contributed by atoms with Crippen molar-refractivity contribution in [2.45, 2.75) is 38.7 Å². The van der Waals surface area contributed by atoms with E-state index < -0.39 is 0 Å². The molecule has 1 N–H and O–H groups in total. The minimum absolute atomic E-state index is 0.0778. The predicted octanol–water partition coefficient (Wildman–Crippen LogP) is 5.61. The Balaban J connectivity index is 1.47. The van der Waals surface area contributed by atoms with Gasteiger partial charge in [0.1, 0.15) is 29.8 Å². The van der Waals surface area contributed by atoms with Gasteiger partial charge in [0.25, 0.3) is 0 Å². The van der Waals surface area contributed by atoms with E-state index in [4.69, 9.17) is 13.8 Å². The molecule has 1 aromatic heterocycles. The largest absolute Gasteiger partial charge is 0.486 e. The van der Waals surface area contributed by atoms with E-state index in [0.717, 1.165) is 28.6 Å². The van der Waals surface area contributed by atoms with E-state index in [1.165, 1.54) is 42.9 Å². The van der Waals surface area contributed by atoms with Crippen molar-refractivity contribution < 1.29 is 13.9 Å². The molecule has 168 valence electrons. The molecule has 3 aromatic rings. The second-order valence-corrected chi connectivity index (χ2v) is 10.2. The average molecular weight is 455 g/mol. The summed E-state index contributed by atoms with van der Waals surface area (Å²) in [4.78, 5) is 8.98. The third kappa shape index (κ3) is 4.76. The van der Waals surface area contributed by atoms with Crippen LogP contribution in [0.1, 0.15) is 31.2 Å². The highest BCUT2D eigenvalue weighted by Crippen LogP contribution is 2.34. The number of halogens is 1. The molecular weight excluding hydrogens is 427 g/mol. The molecule has 6 nitrogen and oxygen atoms in total. The monoisotopic (exact) mass is 454 g/mol. The first-order valence-electron chi connectivity index (χ1n) is 11.1. The van der Waals surface area contributed by atoms with Crippen molar-refractivity contribution in [1.29, 1.82) is 0 Å². The van der Waals surface area contributed by atoms with Crippen LogP contribution in [0.2, 0.25) is 0 Å². The molecule has 0 amide bonds. The highest BCUT2D eigenvalue weighted by atomic mass is 32.2. The van der Waals surface area contributed by atoms with Gasteiger partial charge in [0.2, 0.25) is 0 Å². The maximum Gasteiger partial charge on any atom is 0.146 e. The number of aromatic nitrogens is 2. The number of fused-ring (bicyclic) bond motifs is 1. The van der Waals surface area contributed by atoms with Crippen molar-refractivity contribution in [3.05, 3.63) is 48.0 Å². The summed E-state index contributed by atoms with van der Waals surface area (Å²) < 4.78 is 30.3. The van der Waals surface area contributed by atoms with E-state index in [2.05, 4.69) is 28.3 Å². The molecule has 2 aliphatic heterocycles. The van der Waals surface area contributed by atoms with Crippen LogP contribution in [-0.2, 0) is 15.4 Å². The van der Waals surface area contributed by atoms with Crippen LogP contribution < -0.4 is 10.1 Å². The normalized spacial score (nSPS) is 19.2. The summed E-state index contributed by atoms with van der Waals surface area (Å²) in [5.74, 6) is 3.15. The van der Waals surface area contributed by atoms with Gasteiger partial charge in [0, 0.05) is 29.4 Å². The predicted molar refractivity (Wildman–Crippen MR) is 127 cm³/mol. The van der Waals surface area contributed by atoms with Gasteiger partial charge in [0.15, 0.2) is 0 Å². The third-order valence-electron chi connectivity index (χ3n) is 5.79. The van der Waals surface area contributed by atoms with Crippen LogP contribution in [0.3, 0.4) is 0 Å². The van der Waals surface area contributed by atoms with Crippen molar-refractivity contribution in [3.63, 3.8) is 0 Å². The molecule has 1 unspecified atom stereocenters. The Hall–Kier alpha value is -2.58. The zero-order valence-corrected chi connectivity index (χ0v) is 19.0. The molecule has 8 heteroatoms. The first-order chi connectivity index (χ1) is 15.7. The fraction of sp³-hybridized carbons (Fsp3) is 0.417. The SMILES string of the molecule is Cc1cc(N=S2CCCCC2)cc2ncnc(Nc3ccc(F)cc3OC3CCOC3)c12. The topological polar surface area (TPSA) is 68.6 Å². The Kier molecular flexibility index (Phi) is 6.32. The summed E-state index contributed by atoms with van der Waals surface area (Å²) in [7, 11) is 0.112. The molecule has 5 rings (SSSR count). The lowest BCUT2D eigenvalue weighted by atomic mass is 10.1. The molecule has 0 aliphatic carbocycles. The van der Waals surface area contributed by atoms with Crippen molar-refractivity contribution in [1.82, 2.24) is 9.97 Å². The van der Waals surface area contributed by atoms with Gasteiger partial charge >= 0.3 is 0 Å². The molecule has 2 saturated heterocycles. The van der Waals surface area contributed by atoms with E-state index in [0.29, 0.717) is 30.5 Å². The van der Waals surface area contributed by atoms with Crippen molar-refractivity contribution in [3.8, 4) is 5.75 Å². The number of hydrogen-bond donors (Lipinski definition) is 1. The Labute approximate surface area is 189 Å². The smallest absolute Gasteiger partial charge is 0.146 e. The minimum Gasteiger partial charge on any atom is -0.486 e. The number of aryl methyl sites for hydroxylation is 1. The van der Waals surface area contributed by atoms with Crippen LogP contribution >= 0.6 is 0 Å². The minimum atomic E-state index is -0.344. The van der Waals surface area contributed by atoms with E-state index in [9.17, 15) is 4.39 Å². The van der Waals surface area contributed by atoms with Gasteiger partial charge in [-0.15, -0.1) is 0 Å². The Bertz CT molecular complexity index is 1160. The molecular formula is C24H27FN4O2S. The van der Waals surface area contributed by atoms with E-state index in [-0.39, 0.29) is 22.6 Å². The second kappa shape index (κ2) is 9.50. The molecule has 0 spiro atoms. The van der Waals surface area contributed by atoms with Crippen molar-refractivity contribution >= 4 is 38.8 Å². The fourth-order valence-electron chi connectivity index (χ4n) is 4.19. The van der Waals surface area contributed by atoms with Gasteiger partial charge in [0.05, 0.1) is 30.1 Å². The summed E-state index contributed by atoms with van der Waals surface area (Å²) >= 11 is 0. The van der Waals surface area contributed by atoms with Gasteiger partial charge in [-0.05, 0) is 49.6 Å². The van der Waals surface area contributed by atoms with E-state index in [1.54, 1.807) is 12.4 Å². The number of hydrogen-bond acceptors (Lipinski definition) is 6. The van der Waals surface area contributed by atoms with Gasteiger partial charge in [-0.25, -0.2) is 18.7 Å². The Morgan fingerprint density at radius 3 is 2.84 bits per heavy atom. The molecule has 0 bridgehead atoms. The molecule has 0 saturated carbocycles. The lowest BCUT2D eigenvalue weighted by molar-refractivity contribution is 0.141. The summed E-state index contributed by atoms with van der Waals surface area (Å²) in [6.45, 7) is 3.23. The van der Waals surface area contributed by atoms with E-state index >= 15 is 0 Å². The highest BCUT2D eigenvalue weighted by Gasteiger charge is 2.20. The molecule has 2 aliphatic rings. The molecule has 2 fully saturated rings. The number of ether oxygens (including phenoxy) is 2. The molecule has 2 aromatic carbocycles. The summed E-state index contributed by atoms with van der Waals surface area (Å²) in [6, 6.07) is 8.64. The number of nitrogens with zero attached hydrogens (tertiary/aromatic N) is 3. The van der Waals surface area contributed by atoms with Crippen LogP contribution in [0.15, 0.2) is 41.0 Å². The van der Waals surface area contributed by atoms with Crippen LogP contribution in [0, 0.1) is 12.7 Å². The zero-order chi connectivity index (χ0) is 21.9. The molecule has 0 radical (unpaired) electrons. The summed E-state index contributed by atoms with van der Waals surface area (Å²) in [5.41, 5.74) is 3.54.